The van der Waals surface area contributed by atoms with Crippen molar-refractivity contribution in [2.24, 2.45) is 0 Å². The van der Waals surface area contributed by atoms with Crippen molar-refractivity contribution < 1.29 is 9.47 Å². The molecular weight excluding hydrogens is 274 g/mol. The van der Waals surface area contributed by atoms with Gasteiger partial charge in [-0.2, -0.15) is 0 Å². The topological polar surface area (TPSA) is 30.5 Å². The van der Waals surface area contributed by atoms with E-state index in [4.69, 9.17) is 9.47 Å². The number of fused-ring (bicyclic) bond motifs is 2. The largest absolute Gasteiger partial charge is 0.497 e. The molecule has 0 fully saturated rings. The SMILES string of the molecule is COc1ccc(C2NCCc3cc4c(cc32)OC(C)C4)cc1. The van der Waals surface area contributed by atoms with E-state index in [-0.39, 0.29) is 6.04 Å². The van der Waals surface area contributed by atoms with Crippen LogP contribution in [-0.4, -0.2) is 19.8 Å². The second-order valence-corrected chi connectivity index (χ2v) is 6.20. The first-order valence-electron chi connectivity index (χ1n) is 7.94. The van der Waals surface area contributed by atoms with E-state index in [0.717, 1.165) is 30.9 Å². The Balaban J connectivity index is 1.73. The van der Waals surface area contributed by atoms with Gasteiger partial charge >= 0.3 is 0 Å². The molecule has 0 bridgehead atoms. The standard InChI is InChI=1S/C19H21NO2/c1-12-9-15-10-14-7-8-20-19(17(14)11-18(15)22-12)13-3-5-16(21-2)6-4-13/h3-6,10-12,19-20H,7-9H2,1-2H3. The minimum atomic E-state index is 0.236. The lowest BCUT2D eigenvalue weighted by Crippen LogP contribution is -2.30. The average Bonchev–Trinajstić information content (AvgIpc) is 2.91. The first-order chi connectivity index (χ1) is 10.7. The monoisotopic (exact) mass is 295 g/mol. The molecule has 4 rings (SSSR count). The Kier molecular flexibility index (Phi) is 3.30. The van der Waals surface area contributed by atoms with Gasteiger partial charge < -0.3 is 14.8 Å². The molecule has 2 aromatic rings. The minimum absolute atomic E-state index is 0.236. The van der Waals surface area contributed by atoms with Crippen LogP contribution in [0.25, 0.3) is 0 Å². The van der Waals surface area contributed by atoms with E-state index < -0.39 is 0 Å². The molecule has 0 radical (unpaired) electrons. The summed E-state index contributed by atoms with van der Waals surface area (Å²) in [7, 11) is 1.70. The van der Waals surface area contributed by atoms with Crippen LogP contribution in [0.3, 0.4) is 0 Å². The van der Waals surface area contributed by atoms with Gasteiger partial charge in [0.25, 0.3) is 0 Å². The zero-order valence-electron chi connectivity index (χ0n) is 13.1. The lowest BCUT2D eigenvalue weighted by molar-refractivity contribution is 0.254. The predicted molar refractivity (Wildman–Crippen MR) is 86.8 cm³/mol. The highest BCUT2D eigenvalue weighted by molar-refractivity contribution is 5.50. The van der Waals surface area contributed by atoms with Crippen molar-refractivity contribution in [3.8, 4) is 11.5 Å². The molecule has 0 saturated carbocycles. The third-order valence-electron chi connectivity index (χ3n) is 4.66. The van der Waals surface area contributed by atoms with E-state index in [0.29, 0.717) is 6.10 Å². The number of methoxy groups -OCH3 is 1. The van der Waals surface area contributed by atoms with Gasteiger partial charge in [-0.1, -0.05) is 18.2 Å². The van der Waals surface area contributed by atoms with Crippen LogP contribution in [0.5, 0.6) is 11.5 Å². The van der Waals surface area contributed by atoms with Crippen molar-refractivity contribution in [1.82, 2.24) is 5.32 Å². The van der Waals surface area contributed by atoms with E-state index in [9.17, 15) is 0 Å². The molecule has 2 aromatic carbocycles. The first-order valence-corrected chi connectivity index (χ1v) is 7.94. The normalized spacial score (nSPS) is 22.6. The first kappa shape index (κ1) is 13.6. The van der Waals surface area contributed by atoms with Crippen LogP contribution in [-0.2, 0) is 12.8 Å². The number of benzene rings is 2. The van der Waals surface area contributed by atoms with Crippen molar-refractivity contribution in [3.05, 3.63) is 58.7 Å². The number of ether oxygens (including phenoxy) is 2. The maximum Gasteiger partial charge on any atom is 0.123 e. The summed E-state index contributed by atoms with van der Waals surface area (Å²) >= 11 is 0. The second-order valence-electron chi connectivity index (χ2n) is 6.20. The van der Waals surface area contributed by atoms with Crippen molar-refractivity contribution in [1.29, 1.82) is 0 Å². The Morgan fingerprint density at radius 2 is 1.95 bits per heavy atom. The van der Waals surface area contributed by atoms with Crippen LogP contribution in [0.15, 0.2) is 36.4 Å². The predicted octanol–water partition coefficient (Wildman–Crippen LogP) is 3.25. The maximum atomic E-state index is 5.95. The summed E-state index contributed by atoms with van der Waals surface area (Å²) in [6, 6.07) is 13.2. The smallest absolute Gasteiger partial charge is 0.123 e. The summed E-state index contributed by atoms with van der Waals surface area (Å²) in [6.45, 7) is 3.15. The number of rotatable bonds is 2. The highest BCUT2D eigenvalue weighted by Crippen LogP contribution is 2.37. The lowest BCUT2D eigenvalue weighted by atomic mass is 9.88. The van der Waals surface area contributed by atoms with E-state index in [1.54, 1.807) is 7.11 Å². The molecule has 1 N–H and O–H groups in total. The highest BCUT2D eigenvalue weighted by Gasteiger charge is 2.27. The summed E-state index contributed by atoms with van der Waals surface area (Å²) in [4.78, 5) is 0. The van der Waals surface area contributed by atoms with Crippen molar-refractivity contribution in [2.45, 2.75) is 31.9 Å². The van der Waals surface area contributed by atoms with Crippen LogP contribution in [0, 0.1) is 0 Å². The molecular formula is C19H21NO2. The zero-order chi connectivity index (χ0) is 15.1. The van der Waals surface area contributed by atoms with E-state index in [2.05, 4.69) is 36.5 Å². The van der Waals surface area contributed by atoms with Gasteiger partial charge in [0.05, 0.1) is 13.2 Å². The molecule has 2 aliphatic heterocycles. The van der Waals surface area contributed by atoms with Crippen molar-refractivity contribution in [3.63, 3.8) is 0 Å². The fraction of sp³-hybridized carbons (Fsp3) is 0.368. The highest BCUT2D eigenvalue weighted by atomic mass is 16.5. The van der Waals surface area contributed by atoms with Crippen molar-refractivity contribution >= 4 is 0 Å². The fourth-order valence-electron chi connectivity index (χ4n) is 3.57. The number of hydrogen-bond acceptors (Lipinski definition) is 3. The van der Waals surface area contributed by atoms with Gasteiger partial charge in [0.1, 0.15) is 17.6 Å². The Hall–Kier alpha value is -2.00. The second kappa shape index (κ2) is 5.33. The van der Waals surface area contributed by atoms with Crippen molar-refractivity contribution in [2.75, 3.05) is 13.7 Å². The van der Waals surface area contributed by atoms with Crippen LogP contribution in [0.2, 0.25) is 0 Å². The quantitative estimate of drug-likeness (QED) is 0.922. The molecule has 2 aliphatic rings. The average molecular weight is 295 g/mol. The van der Waals surface area contributed by atoms with Crippen LogP contribution >= 0.6 is 0 Å². The van der Waals surface area contributed by atoms with Gasteiger partial charge in [0.2, 0.25) is 0 Å². The van der Waals surface area contributed by atoms with Gasteiger partial charge in [0, 0.05) is 13.0 Å². The number of hydrogen-bond donors (Lipinski definition) is 1. The van der Waals surface area contributed by atoms with E-state index in [1.807, 2.05) is 12.1 Å². The van der Waals surface area contributed by atoms with Gasteiger partial charge in [0.15, 0.2) is 0 Å². The molecule has 0 aliphatic carbocycles. The molecule has 0 spiro atoms. The van der Waals surface area contributed by atoms with Gasteiger partial charge in [-0.3, -0.25) is 0 Å². The van der Waals surface area contributed by atoms with Gasteiger partial charge in [-0.25, -0.2) is 0 Å². The molecule has 3 nitrogen and oxygen atoms in total. The Morgan fingerprint density at radius 1 is 1.14 bits per heavy atom. The molecule has 114 valence electrons. The Labute approximate surface area is 131 Å². The molecule has 3 heteroatoms. The van der Waals surface area contributed by atoms with E-state index in [1.165, 1.54) is 22.3 Å². The van der Waals surface area contributed by atoms with Crippen LogP contribution in [0.1, 0.15) is 35.2 Å². The molecule has 2 unspecified atom stereocenters. The summed E-state index contributed by atoms with van der Waals surface area (Å²) < 4.78 is 11.2. The Morgan fingerprint density at radius 3 is 2.73 bits per heavy atom. The van der Waals surface area contributed by atoms with Crippen LogP contribution < -0.4 is 14.8 Å². The molecule has 2 heterocycles. The third kappa shape index (κ3) is 2.26. The molecule has 2 atom stereocenters. The molecule has 0 amide bonds. The molecule has 0 saturated heterocycles. The van der Waals surface area contributed by atoms with Gasteiger partial charge in [-0.05, 0) is 53.8 Å². The molecule has 22 heavy (non-hydrogen) atoms. The summed E-state index contributed by atoms with van der Waals surface area (Å²) in [5.74, 6) is 1.96. The van der Waals surface area contributed by atoms with Crippen LogP contribution in [0.4, 0.5) is 0 Å². The Bertz CT molecular complexity index is 693. The lowest BCUT2D eigenvalue weighted by Gasteiger charge is -2.28. The minimum Gasteiger partial charge on any atom is -0.497 e. The summed E-state index contributed by atoms with van der Waals surface area (Å²) in [5, 5.41) is 3.64. The zero-order valence-corrected chi connectivity index (χ0v) is 13.1. The fourth-order valence-corrected chi connectivity index (χ4v) is 3.57. The number of nitrogens with one attached hydrogen (secondary N) is 1. The summed E-state index contributed by atoms with van der Waals surface area (Å²) in [6.07, 6.45) is 2.42. The van der Waals surface area contributed by atoms with E-state index >= 15 is 0 Å². The maximum absolute atomic E-state index is 5.95. The summed E-state index contributed by atoms with van der Waals surface area (Å²) in [5.41, 5.74) is 5.44. The molecule has 0 aromatic heterocycles. The third-order valence-corrected chi connectivity index (χ3v) is 4.66. The van der Waals surface area contributed by atoms with Gasteiger partial charge in [-0.15, -0.1) is 0 Å².